The molecular weight excluding hydrogens is 545 g/mol. The van der Waals surface area contributed by atoms with Gasteiger partial charge in [0.1, 0.15) is 6.04 Å². The molecule has 3 rings (SSSR count). The molecule has 0 aliphatic heterocycles. The molecule has 1 fully saturated rings. The lowest BCUT2D eigenvalue weighted by Crippen LogP contribution is -2.49. The Labute approximate surface area is 236 Å². The molecule has 0 radical (unpaired) electrons. The minimum Gasteiger partial charge on any atom is -0.352 e. The first-order valence-electron chi connectivity index (χ1n) is 13.0. The molecular formula is C28H37Cl2N3O4S. The van der Waals surface area contributed by atoms with Gasteiger partial charge in [-0.2, -0.15) is 0 Å². The van der Waals surface area contributed by atoms with Crippen molar-refractivity contribution in [2.24, 2.45) is 0 Å². The predicted molar refractivity (Wildman–Crippen MR) is 154 cm³/mol. The lowest BCUT2D eigenvalue weighted by atomic mass is 10.1. The maximum atomic E-state index is 13.5. The van der Waals surface area contributed by atoms with Gasteiger partial charge in [0, 0.05) is 25.6 Å². The van der Waals surface area contributed by atoms with E-state index in [0.29, 0.717) is 22.2 Å². The van der Waals surface area contributed by atoms with Gasteiger partial charge >= 0.3 is 0 Å². The van der Waals surface area contributed by atoms with Gasteiger partial charge < -0.3 is 10.2 Å². The summed E-state index contributed by atoms with van der Waals surface area (Å²) in [5.41, 5.74) is 3.23. The highest BCUT2D eigenvalue weighted by Crippen LogP contribution is 2.27. The summed E-state index contributed by atoms with van der Waals surface area (Å²) in [6.45, 7) is 5.87. The Bertz CT molecular complexity index is 1260. The lowest BCUT2D eigenvalue weighted by Gasteiger charge is -2.30. The zero-order chi connectivity index (χ0) is 28.0. The summed E-state index contributed by atoms with van der Waals surface area (Å²) in [4.78, 5) is 28.1. The first kappa shape index (κ1) is 30.3. The minimum atomic E-state index is -3.56. The maximum absolute atomic E-state index is 13.5. The lowest BCUT2D eigenvalue weighted by molar-refractivity contribution is -0.141. The molecule has 2 aromatic rings. The predicted octanol–water partition coefficient (Wildman–Crippen LogP) is 5.63. The van der Waals surface area contributed by atoms with Crippen LogP contribution in [0.1, 0.15) is 62.1 Å². The molecule has 1 aliphatic carbocycles. The van der Waals surface area contributed by atoms with Gasteiger partial charge in [-0.3, -0.25) is 13.9 Å². The molecule has 1 aliphatic rings. The Morgan fingerprint density at radius 1 is 1.08 bits per heavy atom. The van der Waals surface area contributed by atoms with E-state index in [1.807, 2.05) is 26.0 Å². The molecule has 0 heterocycles. The second-order valence-corrected chi connectivity index (χ2v) is 12.8. The molecule has 208 valence electrons. The maximum Gasteiger partial charge on any atom is 0.242 e. The Hall–Kier alpha value is -2.29. The summed E-state index contributed by atoms with van der Waals surface area (Å²) < 4.78 is 26.6. The van der Waals surface area contributed by atoms with Gasteiger partial charge in [-0.25, -0.2) is 8.42 Å². The summed E-state index contributed by atoms with van der Waals surface area (Å²) in [7, 11) is -3.56. The van der Waals surface area contributed by atoms with E-state index in [2.05, 4.69) is 5.32 Å². The van der Waals surface area contributed by atoms with Gasteiger partial charge in [-0.05, 0) is 74.9 Å². The Balaban J connectivity index is 1.76. The van der Waals surface area contributed by atoms with Crippen LogP contribution < -0.4 is 9.62 Å². The van der Waals surface area contributed by atoms with E-state index in [0.717, 1.165) is 42.4 Å². The number of benzene rings is 2. The molecule has 38 heavy (non-hydrogen) atoms. The van der Waals surface area contributed by atoms with E-state index < -0.39 is 16.1 Å². The number of nitrogens with one attached hydrogen (secondary N) is 1. The van der Waals surface area contributed by atoms with Crippen LogP contribution in [0.15, 0.2) is 36.4 Å². The third-order valence-corrected chi connectivity index (χ3v) is 9.12. The highest BCUT2D eigenvalue weighted by atomic mass is 35.5. The van der Waals surface area contributed by atoms with Gasteiger partial charge in [-0.15, -0.1) is 0 Å². The zero-order valence-corrected chi connectivity index (χ0v) is 24.8. The fourth-order valence-corrected chi connectivity index (χ4v) is 6.13. The normalized spacial score (nSPS) is 14.8. The van der Waals surface area contributed by atoms with Crippen LogP contribution in [0.5, 0.6) is 0 Å². The summed E-state index contributed by atoms with van der Waals surface area (Å²) in [6.07, 6.45) is 5.61. The van der Waals surface area contributed by atoms with Crippen molar-refractivity contribution in [1.29, 1.82) is 0 Å². The minimum absolute atomic E-state index is 0.0826. The van der Waals surface area contributed by atoms with E-state index in [4.69, 9.17) is 23.2 Å². The Morgan fingerprint density at radius 3 is 2.39 bits per heavy atom. The second kappa shape index (κ2) is 13.2. The topological polar surface area (TPSA) is 86.8 Å². The number of hydrogen-bond acceptors (Lipinski definition) is 4. The molecule has 0 aromatic heterocycles. The third kappa shape index (κ3) is 7.87. The summed E-state index contributed by atoms with van der Waals surface area (Å²) in [6, 6.07) is 10.1. The molecule has 2 amide bonds. The molecule has 1 saturated carbocycles. The third-order valence-electron chi connectivity index (χ3n) is 7.20. The molecule has 1 atom stereocenters. The number of rotatable bonds is 11. The molecule has 10 heteroatoms. The van der Waals surface area contributed by atoms with Crippen LogP contribution in [0.25, 0.3) is 0 Å². The standard InChI is InChI=1S/C28H37Cl2N3O4S/c1-19-9-7-12-26(20(19)2)33(38(4,36)37)16-8-13-27(34)32(18-22-14-15-24(29)25(30)17-22)21(3)28(35)31-23-10-5-6-11-23/h7,9,12,14-15,17,21,23H,5-6,8,10-11,13,16,18H2,1-4H3,(H,31,35)/t21-/m0/s1. The number of amides is 2. The van der Waals surface area contributed by atoms with Crippen molar-refractivity contribution in [3.05, 3.63) is 63.1 Å². The van der Waals surface area contributed by atoms with Crippen molar-refractivity contribution < 1.29 is 18.0 Å². The average Bonchev–Trinajstić information content (AvgIpc) is 3.36. The molecule has 2 aromatic carbocycles. The van der Waals surface area contributed by atoms with Crippen molar-refractivity contribution in [2.75, 3.05) is 17.1 Å². The van der Waals surface area contributed by atoms with Gasteiger partial charge in [0.15, 0.2) is 0 Å². The molecule has 0 bridgehead atoms. The molecule has 1 N–H and O–H groups in total. The van der Waals surface area contributed by atoms with Gasteiger partial charge in [0.2, 0.25) is 21.8 Å². The Kier molecular flexibility index (Phi) is 10.5. The van der Waals surface area contributed by atoms with E-state index in [1.165, 1.54) is 15.5 Å². The van der Waals surface area contributed by atoms with Crippen LogP contribution in [-0.4, -0.2) is 50.0 Å². The largest absolute Gasteiger partial charge is 0.352 e. The van der Waals surface area contributed by atoms with E-state index in [9.17, 15) is 18.0 Å². The first-order valence-corrected chi connectivity index (χ1v) is 15.6. The smallest absolute Gasteiger partial charge is 0.242 e. The quantitative estimate of drug-likeness (QED) is 0.372. The Morgan fingerprint density at radius 2 is 1.76 bits per heavy atom. The number of aryl methyl sites for hydroxylation is 1. The average molecular weight is 583 g/mol. The number of halogens is 2. The SMILES string of the molecule is Cc1cccc(N(CCCC(=O)N(Cc2ccc(Cl)c(Cl)c2)[C@@H](C)C(=O)NC2CCCC2)S(C)(=O)=O)c1C. The fraction of sp³-hybridized carbons (Fsp3) is 0.500. The van der Waals surface area contributed by atoms with Crippen LogP contribution in [0.3, 0.4) is 0 Å². The first-order chi connectivity index (χ1) is 17.9. The number of nitrogens with zero attached hydrogens (tertiary/aromatic N) is 2. The highest BCUT2D eigenvalue weighted by molar-refractivity contribution is 7.92. The number of carbonyl (C=O) groups is 2. The monoisotopic (exact) mass is 581 g/mol. The van der Waals surface area contributed by atoms with Crippen LogP contribution >= 0.6 is 23.2 Å². The van der Waals surface area contributed by atoms with E-state index in [-0.39, 0.29) is 37.4 Å². The molecule has 0 saturated heterocycles. The van der Waals surface area contributed by atoms with Gasteiger partial charge in [-0.1, -0.05) is 54.2 Å². The van der Waals surface area contributed by atoms with Crippen molar-refractivity contribution in [2.45, 2.75) is 77.9 Å². The van der Waals surface area contributed by atoms with Crippen molar-refractivity contribution in [3.8, 4) is 0 Å². The van der Waals surface area contributed by atoms with E-state index in [1.54, 1.807) is 31.2 Å². The fourth-order valence-electron chi connectivity index (χ4n) is 4.80. The van der Waals surface area contributed by atoms with Crippen LogP contribution in [0.4, 0.5) is 5.69 Å². The molecule has 0 unspecified atom stereocenters. The van der Waals surface area contributed by atoms with Gasteiger partial charge in [0.05, 0.1) is 22.0 Å². The summed E-state index contributed by atoms with van der Waals surface area (Å²) >= 11 is 12.3. The van der Waals surface area contributed by atoms with Crippen molar-refractivity contribution in [3.63, 3.8) is 0 Å². The van der Waals surface area contributed by atoms with Crippen molar-refractivity contribution in [1.82, 2.24) is 10.2 Å². The van der Waals surface area contributed by atoms with Crippen LogP contribution in [0, 0.1) is 13.8 Å². The summed E-state index contributed by atoms with van der Waals surface area (Å²) in [5.74, 6) is -0.432. The van der Waals surface area contributed by atoms with Crippen LogP contribution in [0.2, 0.25) is 10.0 Å². The van der Waals surface area contributed by atoms with Gasteiger partial charge in [0.25, 0.3) is 0 Å². The molecule has 0 spiro atoms. The number of anilines is 1. The number of hydrogen-bond donors (Lipinski definition) is 1. The zero-order valence-electron chi connectivity index (χ0n) is 22.5. The van der Waals surface area contributed by atoms with E-state index >= 15 is 0 Å². The highest BCUT2D eigenvalue weighted by Gasteiger charge is 2.29. The summed E-state index contributed by atoms with van der Waals surface area (Å²) in [5, 5.41) is 3.86. The molecule has 7 nitrogen and oxygen atoms in total. The van der Waals surface area contributed by atoms with Crippen molar-refractivity contribution >= 4 is 50.7 Å². The second-order valence-electron chi connectivity index (χ2n) is 10.1. The van der Waals surface area contributed by atoms with Crippen LogP contribution in [-0.2, 0) is 26.2 Å². The number of carbonyl (C=O) groups excluding carboxylic acids is 2. The number of sulfonamides is 1.